The van der Waals surface area contributed by atoms with Crippen LogP contribution in [0.4, 0.5) is 0 Å². The van der Waals surface area contributed by atoms with Crippen molar-refractivity contribution in [1.29, 1.82) is 0 Å². The molecule has 0 heterocycles. The summed E-state index contributed by atoms with van der Waals surface area (Å²) < 4.78 is 5.01. The number of hydrogen-bond acceptors (Lipinski definition) is 2. The van der Waals surface area contributed by atoms with E-state index in [-0.39, 0.29) is 0 Å². The maximum absolute atomic E-state index is 10.8. The van der Waals surface area contributed by atoms with E-state index in [4.69, 9.17) is 4.74 Å². The van der Waals surface area contributed by atoms with Gasteiger partial charge in [-0.2, -0.15) is 0 Å². The van der Waals surface area contributed by atoms with Crippen molar-refractivity contribution in [3.63, 3.8) is 0 Å². The smallest absolute Gasteiger partial charge is 0.331 e. The van der Waals surface area contributed by atoms with E-state index in [0.29, 0.717) is 0 Å². The zero-order valence-corrected chi connectivity index (χ0v) is 7.09. The van der Waals surface area contributed by atoms with E-state index in [1.165, 1.54) is 0 Å². The van der Waals surface area contributed by atoms with Crippen molar-refractivity contribution in [1.82, 2.24) is 0 Å². The average molecular weight is 154 g/mol. The summed E-state index contributed by atoms with van der Waals surface area (Å²) >= 11 is 0. The first-order valence-electron chi connectivity index (χ1n) is 3.57. The van der Waals surface area contributed by atoms with Crippen molar-refractivity contribution in [3.05, 3.63) is 25.3 Å². The van der Waals surface area contributed by atoms with Crippen LogP contribution in [0.3, 0.4) is 0 Å². The van der Waals surface area contributed by atoms with E-state index < -0.39 is 11.6 Å². The molecule has 0 saturated heterocycles. The lowest BCUT2D eigenvalue weighted by Gasteiger charge is -2.23. The van der Waals surface area contributed by atoms with Crippen LogP contribution in [-0.4, -0.2) is 11.6 Å². The van der Waals surface area contributed by atoms with Gasteiger partial charge in [-0.15, -0.1) is 0 Å². The van der Waals surface area contributed by atoms with Crippen LogP contribution in [0.5, 0.6) is 0 Å². The van der Waals surface area contributed by atoms with Crippen LogP contribution < -0.4 is 0 Å². The lowest BCUT2D eigenvalue weighted by molar-refractivity contribution is -0.147. The molecule has 0 bridgehead atoms. The van der Waals surface area contributed by atoms with Crippen LogP contribution in [0.25, 0.3) is 0 Å². The Morgan fingerprint density at radius 3 is 2.45 bits per heavy atom. The molecule has 0 radical (unpaired) electrons. The molecule has 0 aliphatic heterocycles. The Balaban J connectivity index is 4.18. The van der Waals surface area contributed by atoms with Crippen LogP contribution in [-0.2, 0) is 9.53 Å². The Morgan fingerprint density at radius 1 is 1.64 bits per heavy atom. The van der Waals surface area contributed by atoms with Gasteiger partial charge in [-0.3, -0.25) is 0 Å². The Kier molecular flexibility index (Phi) is 3.58. The van der Waals surface area contributed by atoms with Gasteiger partial charge in [0.2, 0.25) is 0 Å². The molecule has 0 rings (SSSR count). The maximum atomic E-state index is 10.8. The second-order valence-corrected chi connectivity index (χ2v) is 2.50. The molecular formula is C9H14O2. The van der Waals surface area contributed by atoms with Gasteiger partial charge in [0.15, 0.2) is 0 Å². The Hall–Kier alpha value is -1.05. The molecule has 62 valence electrons. The first kappa shape index (κ1) is 9.95. The molecule has 0 spiro atoms. The van der Waals surface area contributed by atoms with Crippen LogP contribution in [0.2, 0.25) is 0 Å². The highest BCUT2D eigenvalue weighted by atomic mass is 16.6. The van der Waals surface area contributed by atoms with Gasteiger partial charge in [-0.25, -0.2) is 4.79 Å². The van der Waals surface area contributed by atoms with Gasteiger partial charge in [0.05, 0.1) is 0 Å². The normalized spacial score (nSPS) is 14.7. The predicted octanol–water partition coefficient (Wildman–Crippen LogP) is 2.07. The summed E-state index contributed by atoms with van der Waals surface area (Å²) in [6.07, 6.45) is 3.49. The summed E-state index contributed by atoms with van der Waals surface area (Å²) in [7, 11) is 0. The highest BCUT2D eigenvalue weighted by molar-refractivity contribution is 5.81. The molecule has 0 fully saturated rings. The fourth-order valence-electron chi connectivity index (χ4n) is 0.530. The van der Waals surface area contributed by atoms with Crippen molar-refractivity contribution >= 4 is 5.97 Å². The number of ether oxygens (including phenoxy) is 1. The molecule has 11 heavy (non-hydrogen) atoms. The van der Waals surface area contributed by atoms with E-state index in [1.807, 2.05) is 6.92 Å². The summed E-state index contributed by atoms with van der Waals surface area (Å²) in [5.41, 5.74) is -0.550. The fraction of sp³-hybridized carbons (Fsp3) is 0.444. The molecule has 0 amide bonds. The van der Waals surface area contributed by atoms with Crippen LogP contribution in [0.1, 0.15) is 20.3 Å². The van der Waals surface area contributed by atoms with Crippen LogP contribution in [0.15, 0.2) is 25.3 Å². The van der Waals surface area contributed by atoms with E-state index in [9.17, 15) is 4.79 Å². The number of rotatable bonds is 4. The lowest BCUT2D eigenvalue weighted by atomic mass is 10.0. The molecule has 0 aromatic heterocycles. The Morgan fingerprint density at radius 2 is 2.18 bits per heavy atom. The van der Waals surface area contributed by atoms with Crippen molar-refractivity contribution < 1.29 is 9.53 Å². The minimum absolute atomic E-state index is 0.408. The van der Waals surface area contributed by atoms with Crippen LogP contribution >= 0.6 is 0 Å². The first-order chi connectivity index (χ1) is 5.08. The third-order valence-corrected chi connectivity index (χ3v) is 1.63. The van der Waals surface area contributed by atoms with Gasteiger partial charge in [0.25, 0.3) is 0 Å². The predicted molar refractivity (Wildman–Crippen MR) is 45.2 cm³/mol. The summed E-state index contributed by atoms with van der Waals surface area (Å²) in [6.45, 7) is 10.6. The summed E-state index contributed by atoms with van der Waals surface area (Å²) in [4.78, 5) is 10.8. The molecule has 2 nitrogen and oxygen atoms in total. The van der Waals surface area contributed by atoms with Gasteiger partial charge in [-0.05, 0) is 19.4 Å². The van der Waals surface area contributed by atoms with Gasteiger partial charge >= 0.3 is 5.97 Å². The SMILES string of the molecule is C=CC(=O)OC(C)(C=C)CC. The highest BCUT2D eigenvalue weighted by Crippen LogP contribution is 2.16. The van der Waals surface area contributed by atoms with E-state index >= 15 is 0 Å². The first-order valence-corrected chi connectivity index (χ1v) is 3.57. The number of carbonyl (C=O) groups excluding carboxylic acids is 1. The van der Waals surface area contributed by atoms with Gasteiger partial charge in [0.1, 0.15) is 5.60 Å². The van der Waals surface area contributed by atoms with E-state index in [0.717, 1.165) is 12.5 Å². The summed E-state index contributed by atoms with van der Waals surface area (Å²) in [5.74, 6) is -0.408. The zero-order valence-electron chi connectivity index (χ0n) is 7.09. The van der Waals surface area contributed by atoms with Gasteiger partial charge in [-0.1, -0.05) is 20.1 Å². The van der Waals surface area contributed by atoms with Crippen molar-refractivity contribution in [2.45, 2.75) is 25.9 Å². The highest BCUT2D eigenvalue weighted by Gasteiger charge is 2.20. The van der Waals surface area contributed by atoms with Crippen LogP contribution in [0, 0.1) is 0 Å². The number of carbonyl (C=O) groups is 1. The van der Waals surface area contributed by atoms with E-state index in [1.54, 1.807) is 13.0 Å². The Labute approximate surface area is 67.6 Å². The molecule has 0 aromatic carbocycles. The third kappa shape index (κ3) is 3.03. The second-order valence-electron chi connectivity index (χ2n) is 2.50. The summed E-state index contributed by atoms with van der Waals surface area (Å²) in [6, 6.07) is 0. The minimum Gasteiger partial charge on any atom is -0.452 e. The maximum Gasteiger partial charge on any atom is 0.331 e. The van der Waals surface area contributed by atoms with E-state index in [2.05, 4.69) is 13.2 Å². The van der Waals surface area contributed by atoms with Crippen molar-refractivity contribution in [3.8, 4) is 0 Å². The molecule has 0 N–H and O–H groups in total. The average Bonchev–Trinajstić information content (AvgIpc) is 2.04. The molecule has 0 aliphatic carbocycles. The fourth-order valence-corrected chi connectivity index (χ4v) is 0.530. The van der Waals surface area contributed by atoms with Crippen molar-refractivity contribution in [2.75, 3.05) is 0 Å². The molecule has 0 saturated carbocycles. The summed E-state index contributed by atoms with van der Waals surface area (Å²) in [5, 5.41) is 0. The quantitative estimate of drug-likeness (QED) is 0.352. The number of esters is 1. The molecule has 2 heteroatoms. The van der Waals surface area contributed by atoms with Gasteiger partial charge < -0.3 is 4.74 Å². The molecule has 1 atom stereocenters. The monoisotopic (exact) mass is 154 g/mol. The van der Waals surface area contributed by atoms with Crippen molar-refractivity contribution in [2.24, 2.45) is 0 Å². The zero-order chi connectivity index (χ0) is 8.91. The molecule has 0 aliphatic rings. The Bertz CT molecular complexity index is 172. The topological polar surface area (TPSA) is 26.3 Å². The third-order valence-electron chi connectivity index (χ3n) is 1.63. The number of hydrogen-bond donors (Lipinski definition) is 0. The molecule has 0 aromatic rings. The minimum atomic E-state index is -0.550. The second kappa shape index (κ2) is 3.96. The molecule has 1 unspecified atom stereocenters. The largest absolute Gasteiger partial charge is 0.452 e. The molecular weight excluding hydrogens is 140 g/mol. The standard InChI is InChI=1S/C9H14O2/c1-5-8(10)11-9(4,6-2)7-3/h5-6H,1-2,7H2,3-4H3. The lowest BCUT2D eigenvalue weighted by Crippen LogP contribution is -2.27. The van der Waals surface area contributed by atoms with Gasteiger partial charge in [0, 0.05) is 6.08 Å².